The average Bonchev–Trinajstić information content (AvgIpc) is 3.16. The van der Waals surface area contributed by atoms with Crippen LogP contribution in [0.4, 0.5) is 5.69 Å². The number of methoxy groups -OCH3 is 1. The molecule has 0 aliphatic heterocycles. The molecule has 0 amide bonds. The summed E-state index contributed by atoms with van der Waals surface area (Å²) in [6.07, 6.45) is 3.91. The predicted octanol–water partition coefficient (Wildman–Crippen LogP) is 6.05. The summed E-state index contributed by atoms with van der Waals surface area (Å²) < 4.78 is 6.37. The first kappa shape index (κ1) is 17.9. The van der Waals surface area contributed by atoms with E-state index >= 15 is 0 Å². The van der Waals surface area contributed by atoms with Gasteiger partial charge in [-0.25, -0.2) is 4.98 Å². The van der Waals surface area contributed by atoms with Crippen molar-refractivity contribution in [2.75, 3.05) is 7.11 Å². The monoisotopic (exact) mass is 388 g/mol. The van der Waals surface area contributed by atoms with Crippen LogP contribution in [0.2, 0.25) is 0 Å². The fourth-order valence-corrected chi connectivity index (χ4v) is 3.79. The van der Waals surface area contributed by atoms with E-state index in [9.17, 15) is 10.1 Å². The quantitative estimate of drug-likeness (QED) is 0.237. The van der Waals surface area contributed by atoms with Crippen molar-refractivity contribution in [1.82, 2.24) is 4.98 Å². The molecule has 28 heavy (non-hydrogen) atoms. The zero-order chi connectivity index (χ0) is 19.5. The Balaban J connectivity index is 1.52. The second-order valence-electron chi connectivity index (χ2n) is 6.16. The van der Waals surface area contributed by atoms with Crippen LogP contribution in [0.5, 0.6) is 5.75 Å². The highest BCUT2D eigenvalue weighted by Gasteiger charge is 2.07. The first-order valence-electron chi connectivity index (χ1n) is 8.60. The molecule has 1 heterocycles. The molecular formula is C22H16N2O3S. The Morgan fingerprint density at radius 2 is 1.61 bits per heavy atom. The number of non-ortho nitro benzene ring substituents is 1. The number of aromatic nitrogens is 1. The van der Waals surface area contributed by atoms with Crippen molar-refractivity contribution < 1.29 is 9.66 Å². The number of hydrogen-bond donors (Lipinski definition) is 0. The zero-order valence-corrected chi connectivity index (χ0v) is 15.8. The highest BCUT2D eigenvalue weighted by atomic mass is 32.1. The van der Waals surface area contributed by atoms with Crippen molar-refractivity contribution in [2.24, 2.45) is 0 Å². The number of nitrogens with zero attached hydrogens (tertiary/aromatic N) is 2. The fraction of sp³-hybridized carbons (Fsp3) is 0.0455. The van der Waals surface area contributed by atoms with Crippen LogP contribution in [0.1, 0.15) is 11.1 Å². The Kier molecular flexibility index (Phi) is 4.87. The van der Waals surface area contributed by atoms with Crippen LogP contribution in [-0.2, 0) is 0 Å². The SMILES string of the molecule is COc1ccc2nc(-c3ccc(/C=C/c4ccc([N+](=O)[O-])cc4)cc3)sc2c1. The van der Waals surface area contributed by atoms with E-state index in [0.29, 0.717) is 0 Å². The van der Waals surface area contributed by atoms with E-state index in [2.05, 4.69) is 0 Å². The van der Waals surface area contributed by atoms with E-state index in [0.717, 1.165) is 37.7 Å². The molecule has 0 saturated heterocycles. The molecule has 0 N–H and O–H groups in total. The van der Waals surface area contributed by atoms with Crippen LogP contribution < -0.4 is 4.74 Å². The van der Waals surface area contributed by atoms with E-state index in [-0.39, 0.29) is 5.69 Å². The third-order valence-corrected chi connectivity index (χ3v) is 5.39. The van der Waals surface area contributed by atoms with Crippen molar-refractivity contribution >= 4 is 39.4 Å². The number of nitro benzene ring substituents is 1. The van der Waals surface area contributed by atoms with Gasteiger partial charge in [-0.15, -0.1) is 11.3 Å². The number of benzene rings is 3. The molecule has 0 unspecified atom stereocenters. The second kappa shape index (κ2) is 7.62. The average molecular weight is 388 g/mol. The van der Waals surface area contributed by atoms with Gasteiger partial charge in [-0.3, -0.25) is 10.1 Å². The first-order chi connectivity index (χ1) is 13.6. The van der Waals surface area contributed by atoms with Crippen molar-refractivity contribution in [2.45, 2.75) is 0 Å². The van der Waals surface area contributed by atoms with Crippen LogP contribution >= 0.6 is 11.3 Å². The molecule has 0 radical (unpaired) electrons. The summed E-state index contributed by atoms with van der Waals surface area (Å²) in [5.74, 6) is 0.828. The van der Waals surface area contributed by atoms with Gasteiger partial charge in [0.1, 0.15) is 10.8 Å². The molecule has 0 aliphatic carbocycles. The lowest BCUT2D eigenvalue weighted by atomic mass is 10.1. The van der Waals surface area contributed by atoms with Gasteiger partial charge in [-0.2, -0.15) is 0 Å². The van der Waals surface area contributed by atoms with Crippen molar-refractivity contribution in [3.63, 3.8) is 0 Å². The molecule has 5 nitrogen and oxygen atoms in total. The maximum atomic E-state index is 10.7. The Morgan fingerprint density at radius 1 is 0.964 bits per heavy atom. The lowest BCUT2D eigenvalue weighted by molar-refractivity contribution is -0.384. The Hall–Kier alpha value is -3.51. The maximum Gasteiger partial charge on any atom is 0.269 e. The highest BCUT2D eigenvalue weighted by Crippen LogP contribution is 2.32. The van der Waals surface area contributed by atoms with E-state index in [4.69, 9.17) is 9.72 Å². The van der Waals surface area contributed by atoms with Crippen LogP contribution in [0.3, 0.4) is 0 Å². The van der Waals surface area contributed by atoms with Gasteiger partial charge >= 0.3 is 0 Å². The van der Waals surface area contributed by atoms with Gasteiger partial charge in [-0.1, -0.05) is 36.4 Å². The summed E-state index contributed by atoms with van der Waals surface area (Å²) >= 11 is 1.64. The Labute approximate surface area is 165 Å². The van der Waals surface area contributed by atoms with Gasteiger partial charge in [0.15, 0.2) is 0 Å². The summed E-state index contributed by atoms with van der Waals surface area (Å²) in [4.78, 5) is 15.0. The third kappa shape index (κ3) is 3.77. The van der Waals surface area contributed by atoms with Gasteiger partial charge in [-0.05, 0) is 41.5 Å². The Morgan fingerprint density at radius 3 is 2.21 bits per heavy atom. The van der Waals surface area contributed by atoms with Crippen molar-refractivity contribution in [1.29, 1.82) is 0 Å². The topological polar surface area (TPSA) is 65.3 Å². The van der Waals surface area contributed by atoms with Crippen LogP contribution in [0, 0.1) is 10.1 Å². The number of thiazole rings is 1. The summed E-state index contributed by atoms with van der Waals surface area (Å²) in [6, 6.07) is 20.5. The predicted molar refractivity (Wildman–Crippen MR) is 114 cm³/mol. The minimum atomic E-state index is -0.398. The molecule has 0 atom stereocenters. The van der Waals surface area contributed by atoms with Crippen molar-refractivity contribution in [3.05, 3.63) is 88.0 Å². The Bertz CT molecular complexity index is 1160. The second-order valence-corrected chi connectivity index (χ2v) is 7.19. The minimum absolute atomic E-state index is 0.0926. The zero-order valence-electron chi connectivity index (χ0n) is 15.0. The van der Waals surface area contributed by atoms with Gasteiger partial charge < -0.3 is 4.74 Å². The number of fused-ring (bicyclic) bond motifs is 1. The molecule has 4 aromatic rings. The highest BCUT2D eigenvalue weighted by molar-refractivity contribution is 7.21. The molecule has 3 aromatic carbocycles. The number of nitro groups is 1. The summed E-state index contributed by atoms with van der Waals surface area (Å²) in [7, 11) is 1.66. The van der Waals surface area contributed by atoms with Gasteiger partial charge in [0, 0.05) is 17.7 Å². The number of rotatable bonds is 5. The molecule has 138 valence electrons. The fourth-order valence-electron chi connectivity index (χ4n) is 2.79. The number of ether oxygens (including phenoxy) is 1. The minimum Gasteiger partial charge on any atom is -0.497 e. The standard InChI is InChI=1S/C22H16N2O3S/c1-27-19-12-13-20-21(14-19)28-22(23-20)17-8-4-15(5-9-17)2-3-16-6-10-18(11-7-16)24(25)26/h2-14H,1H3/b3-2+. The van der Waals surface area contributed by atoms with E-state index in [1.807, 2.05) is 54.6 Å². The van der Waals surface area contributed by atoms with Crippen LogP contribution in [0.25, 0.3) is 32.9 Å². The summed E-state index contributed by atoms with van der Waals surface area (Å²) in [6.45, 7) is 0. The van der Waals surface area contributed by atoms with Gasteiger partial charge in [0.05, 0.1) is 22.2 Å². The summed E-state index contributed by atoms with van der Waals surface area (Å²) in [5.41, 5.74) is 4.07. The smallest absolute Gasteiger partial charge is 0.269 e. The third-order valence-electron chi connectivity index (χ3n) is 4.33. The van der Waals surface area contributed by atoms with E-state index in [1.54, 1.807) is 30.6 Å². The molecular weight excluding hydrogens is 372 g/mol. The van der Waals surface area contributed by atoms with Crippen LogP contribution in [-0.4, -0.2) is 17.0 Å². The lowest BCUT2D eigenvalue weighted by Crippen LogP contribution is -1.86. The lowest BCUT2D eigenvalue weighted by Gasteiger charge is -1.98. The molecule has 0 spiro atoms. The van der Waals surface area contributed by atoms with E-state index < -0.39 is 4.92 Å². The largest absolute Gasteiger partial charge is 0.497 e. The summed E-state index contributed by atoms with van der Waals surface area (Å²) in [5, 5.41) is 11.7. The normalized spacial score (nSPS) is 11.2. The molecule has 0 fully saturated rings. The molecule has 0 bridgehead atoms. The van der Waals surface area contributed by atoms with E-state index in [1.165, 1.54) is 12.1 Å². The van der Waals surface area contributed by atoms with Gasteiger partial charge in [0.25, 0.3) is 5.69 Å². The molecule has 4 rings (SSSR count). The molecule has 1 aromatic heterocycles. The molecule has 6 heteroatoms. The first-order valence-corrected chi connectivity index (χ1v) is 9.41. The maximum absolute atomic E-state index is 10.7. The molecule has 0 aliphatic rings. The van der Waals surface area contributed by atoms with Gasteiger partial charge in [0.2, 0.25) is 0 Å². The van der Waals surface area contributed by atoms with Crippen molar-refractivity contribution in [3.8, 4) is 16.3 Å². The van der Waals surface area contributed by atoms with Crippen LogP contribution in [0.15, 0.2) is 66.7 Å². The molecule has 0 saturated carbocycles. The number of hydrogen-bond acceptors (Lipinski definition) is 5.